The van der Waals surface area contributed by atoms with Crippen molar-refractivity contribution in [2.75, 3.05) is 7.11 Å². The van der Waals surface area contributed by atoms with Crippen LogP contribution in [-0.2, 0) is 0 Å². The molecule has 2 aromatic rings. The first-order valence-electron chi connectivity index (χ1n) is 5.01. The molecule has 1 aromatic carbocycles. The highest BCUT2D eigenvalue weighted by Crippen LogP contribution is 2.29. The van der Waals surface area contributed by atoms with E-state index < -0.39 is 0 Å². The van der Waals surface area contributed by atoms with E-state index in [1.54, 1.807) is 18.1 Å². The molecule has 2 rings (SSSR count). The molecule has 5 heteroatoms. The first kappa shape index (κ1) is 10.6. The number of nitrogens with zero attached hydrogens (tertiary/aromatic N) is 3. The first-order valence-corrected chi connectivity index (χ1v) is 5.01. The van der Waals surface area contributed by atoms with Crippen LogP contribution in [0.3, 0.4) is 0 Å². The fraction of sp³-hybridized carbons (Fsp3) is 0.273. The Morgan fingerprint density at radius 1 is 1.44 bits per heavy atom. The monoisotopic (exact) mass is 218 g/mol. The van der Waals surface area contributed by atoms with Crippen LogP contribution >= 0.6 is 0 Å². The minimum Gasteiger partial charge on any atom is -0.496 e. The fourth-order valence-corrected chi connectivity index (χ4v) is 1.70. The van der Waals surface area contributed by atoms with Crippen molar-refractivity contribution >= 4 is 0 Å². The molecule has 2 N–H and O–H groups in total. The molecule has 0 fully saturated rings. The molecule has 0 bridgehead atoms. The quantitative estimate of drug-likeness (QED) is 0.843. The van der Waals surface area contributed by atoms with Crippen LogP contribution in [0.25, 0.3) is 5.69 Å². The van der Waals surface area contributed by atoms with Crippen molar-refractivity contribution in [3.05, 3.63) is 36.4 Å². The van der Waals surface area contributed by atoms with Crippen molar-refractivity contribution < 1.29 is 4.74 Å². The van der Waals surface area contributed by atoms with Gasteiger partial charge in [0.05, 0.1) is 12.8 Å². The van der Waals surface area contributed by atoms with Crippen molar-refractivity contribution in [1.29, 1.82) is 0 Å². The van der Waals surface area contributed by atoms with E-state index in [1.165, 1.54) is 6.33 Å². The molecule has 0 aliphatic heterocycles. The molecular weight excluding hydrogens is 204 g/mol. The average Bonchev–Trinajstić information content (AvgIpc) is 2.81. The third-order valence-electron chi connectivity index (χ3n) is 2.38. The van der Waals surface area contributed by atoms with Gasteiger partial charge < -0.3 is 10.5 Å². The third kappa shape index (κ3) is 1.77. The van der Waals surface area contributed by atoms with E-state index in [0.29, 0.717) is 0 Å². The Hall–Kier alpha value is -1.88. The molecule has 0 spiro atoms. The molecular formula is C11H14N4O. The summed E-state index contributed by atoms with van der Waals surface area (Å²) in [5, 5.41) is 4.10. The predicted molar refractivity (Wildman–Crippen MR) is 60.5 cm³/mol. The molecule has 0 saturated heterocycles. The number of benzene rings is 1. The average molecular weight is 218 g/mol. The molecule has 1 heterocycles. The minimum atomic E-state index is -0.129. The molecule has 1 atom stereocenters. The van der Waals surface area contributed by atoms with Crippen LogP contribution in [0.15, 0.2) is 30.9 Å². The van der Waals surface area contributed by atoms with E-state index in [4.69, 9.17) is 10.5 Å². The lowest BCUT2D eigenvalue weighted by molar-refractivity contribution is 0.406. The number of aromatic nitrogens is 3. The molecule has 1 unspecified atom stereocenters. The normalized spacial score (nSPS) is 12.4. The van der Waals surface area contributed by atoms with Crippen LogP contribution in [0, 0.1) is 0 Å². The van der Waals surface area contributed by atoms with Crippen LogP contribution in [0.2, 0.25) is 0 Å². The summed E-state index contributed by atoms with van der Waals surface area (Å²) in [5.74, 6) is 0.767. The smallest absolute Gasteiger partial charge is 0.138 e. The number of hydrogen-bond acceptors (Lipinski definition) is 4. The Morgan fingerprint density at radius 3 is 2.81 bits per heavy atom. The van der Waals surface area contributed by atoms with Crippen molar-refractivity contribution in [3.8, 4) is 11.4 Å². The number of methoxy groups -OCH3 is 1. The van der Waals surface area contributed by atoms with Gasteiger partial charge in [0, 0.05) is 11.6 Å². The van der Waals surface area contributed by atoms with Crippen LogP contribution in [-0.4, -0.2) is 21.9 Å². The van der Waals surface area contributed by atoms with Crippen LogP contribution in [0.1, 0.15) is 18.5 Å². The number of ether oxygens (including phenoxy) is 1. The summed E-state index contributed by atoms with van der Waals surface area (Å²) < 4.78 is 6.99. The lowest BCUT2D eigenvalue weighted by Crippen LogP contribution is -2.11. The standard InChI is InChI=1S/C11H14N4O/c1-8(12)11-9(15-7-13-6-14-15)4-3-5-10(11)16-2/h3-8H,12H2,1-2H3. The maximum absolute atomic E-state index is 5.96. The molecule has 0 radical (unpaired) electrons. The van der Waals surface area contributed by atoms with E-state index in [2.05, 4.69) is 10.1 Å². The second-order valence-corrected chi connectivity index (χ2v) is 3.52. The third-order valence-corrected chi connectivity index (χ3v) is 2.38. The van der Waals surface area contributed by atoms with Gasteiger partial charge >= 0.3 is 0 Å². The Balaban J connectivity index is 2.61. The van der Waals surface area contributed by atoms with E-state index in [1.807, 2.05) is 25.1 Å². The highest BCUT2D eigenvalue weighted by Gasteiger charge is 2.14. The summed E-state index contributed by atoms with van der Waals surface area (Å²) in [6.45, 7) is 1.91. The zero-order valence-electron chi connectivity index (χ0n) is 9.29. The van der Waals surface area contributed by atoms with E-state index in [-0.39, 0.29) is 6.04 Å². The van der Waals surface area contributed by atoms with Gasteiger partial charge in [-0.05, 0) is 19.1 Å². The largest absolute Gasteiger partial charge is 0.496 e. The van der Waals surface area contributed by atoms with E-state index in [0.717, 1.165) is 17.0 Å². The second-order valence-electron chi connectivity index (χ2n) is 3.52. The molecule has 16 heavy (non-hydrogen) atoms. The van der Waals surface area contributed by atoms with E-state index >= 15 is 0 Å². The zero-order valence-corrected chi connectivity index (χ0v) is 9.29. The lowest BCUT2D eigenvalue weighted by atomic mass is 10.1. The van der Waals surface area contributed by atoms with Crippen LogP contribution < -0.4 is 10.5 Å². The molecule has 0 amide bonds. The number of rotatable bonds is 3. The maximum atomic E-state index is 5.96. The molecule has 0 aliphatic carbocycles. The maximum Gasteiger partial charge on any atom is 0.138 e. The molecule has 0 saturated carbocycles. The Morgan fingerprint density at radius 2 is 2.25 bits per heavy atom. The van der Waals surface area contributed by atoms with Gasteiger partial charge in [-0.15, -0.1) is 0 Å². The van der Waals surface area contributed by atoms with Gasteiger partial charge in [0.2, 0.25) is 0 Å². The Bertz CT molecular complexity index is 465. The fourth-order valence-electron chi connectivity index (χ4n) is 1.70. The number of hydrogen-bond donors (Lipinski definition) is 1. The Kier molecular flexibility index (Phi) is 2.87. The van der Waals surface area contributed by atoms with Gasteiger partial charge in [0.1, 0.15) is 18.4 Å². The second kappa shape index (κ2) is 4.32. The van der Waals surface area contributed by atoms with Gasteiger partial charge in [0.25, 0.3) is 0 Å². The van der Waals surface area contributed by atoms with Crippen molar-refractivity contribution in [2.24, 2.45) is 5.73 Å². The summed E-state index contributed by atoms with van der Waals surface area (Å²) in [6.07, 6.45) is 3.13. The summed E-state index contributed by atoms with van der Waals surface area (Å²) in [7, 11) is 1.63. The molecule has 1 aromatic heterocycles. The highest BCUT2D eigenvalue weighted by atomic mass is 16.5. The highest BCUT2D eigenvalue weighted by molar-refractivity contribution is 5.50. The van der Waals surface area contributed by atoms with Gasteiger partial charge in [-0.25, -0.2) is 9.67 Å². The first-order chi connectivity index (χ1) is 7.74. The van der Waals surface area contributed by atoms with Crippen LogP contribution in [0.5, 0.6) is 5.75 Å². The predicted octanol–water partition coefficient (Wildman–Crippen LogP) is 1.30. The van der Waals surface area contributed by atoms with E-state index in [9.17, 15) is 0 Å². The van der Waals surface area contributed by atoms with Gasteiger partial charge in [-0.2, -0.15) is 5.10 Å². The molecule has 5 nitrogen and oxygen atoms in total. The summed E-state index contributed by atoms with van der Waals surface area (Å²) >= 11 is 0. The van der Waals surface area contributed by atoms with Crippen molar-refractivity contribution in [3.63, 3.8) is 0 Å². The topological polar surface area (TPSA) is 66.0 Å². The molecule has 0 aliphatic rings. The SMILES string of the molecule is COc1cccc(-n2cncn2)c1C(C)N. The van der Waals surface area contributed by atoms with Gasteiger partial charge in [-0.3, -0.25) is 0 Å². The Labute approximate surface area is 93.9 Å². The van der Waals surface area contributed by atoms with Gasteiger partial charge in [0.15, 0.2) is 0 Å². The van der Waals surface area contributed by atoms with Gasteiger partial charge in [-0.1, -0.05) is 6.07 Å². The number of nitrogens with two attached hydrogens (primary N) is 1. The zero-order chi connectivity index (χ0) is 11.5. The summed E-state index contributed by atoms with van der Waals surface area (Å²) in [5.41, 5.74) is 7.78. The summed E-state index contributed by atoms with van der Waals surface area (Å²) in [4.78, 5) is 3.92. The van der Waals surface area contributed by atoms with Crippen LogP contribution in [0.4, 0.5) is 0 Å². The van der Waals surface area contributed by atoms with Crippen molar-refractivity contribution in [2.45, 2.75) is 13.0 Å². The summed E-state index contributed by atoms with van der Waals surface area (Å²) in [6, 6.07) is 5.60. The minimum absolute atomic E-state index is 0.129. The lowest BCUT2D eigenvalue weighted by Gasteiger charge is -2.16. The van der Waals surface area contributed by atoms with Crippen molar-refractivity contribution in [1.82, 2.24) is 14.8 Å². The molecule has 84 valence electrons.